The number of aromatic hydroxyl groups is 2. The molecule has 0 bridgehead atoms. The van der Waals surface area contributed by atoms with Gasteiger partial charge in [-0.3, -0.25) is 19.2 Å². The molecule has 0 aliphatic rings. The molecule has 0 radical (unpaired) electrons. The molecule has 43 heavy (non-hydrogen) atoms. The van der Waals surface area contributed by atoms with Crippen LogP contribution in [0.1, 0.15) is 36.4 Å². The third-order valence-electron chi connectivity index (χ3n) is 6.36. The molecule has 14 heteroatoms. The van der Waals surface area contributed by atoms with Crippen LogP contribution in [-0.4, -0.2) is 53.5 Å². The number of nitrogens with zero attached hydrogens (tertiary/aromatic N) is 2. The molecule has 0 unspecified atom stereocenters. The van der Waals surface area contributed by atoms with Gasteiger partial charge in [0.25, 0.3) is 11.1 Å². The Bertz CT molecular complexity index is 1670. The molecule has 2 amide bonds. The number of carbonyl (C=O) groups excluding carboxylic acids is 2. The number of phenolic OH excluding ortho intramolecular Hbond substituents is 2. The number of hydrogen-bond acceptors (Lipinski definition) is 10. The van der Waals surface area contributed by atoms with Crippen LogP contribution in [0.5, 0.6) is 11.5 Å². The quantitative estimate of drug-likeness (QED) is 0.0864. The van der Waals surface area contributed by atoms with Gasteiger partial charge in [-0.2, -0.15) is 0 Å². The van der Waals surface area contributed by atoms with Crippen LogP contribution >= 0.6 is 23.5 Å². The summed E-state index contributed by atoms with van der Waals surface area (Å²) in [7, 11) is 0. The zero-order valence-electron chi connectivity index (χ0n) is 23.8. The van der Waals surface area contributed by atoms with Gasteiger partial charge in [0.05, 0.1) is 22.9 Å². The van der Waals surface area contributed by atoms with Crippen LogP contribution in [0, 0.1) is 13.8 Å². The average Bonchev–Trinajstić information content (AvgIpc) is 2.92. The van der Waals surface area contributed by atoms with Crippen molar-refractivity contribution in [2.45, 2.75) is 43.4 Å². The lowest BCUT2D eigenvalue weighted by atomic mass is 9.78. The highest BCUT2D eigenvalue weighted by atomic mass is 32.2. The average molecular weight is 623 g/mol. The van der Waals surface area contributed by atoms with Crippen LogP contribution < -0.4 is 21.8 Å². The van der Waals surface area contributed by atoms with Crippen LogP contribution in [0.2, 0.25) is 0 Å². The van der Waals surface area contributed by atoms with E-state index in [2.05, 4.69) is 30.6 Å². The number of amides is 2. The largest absolute Gasteiger partial charge is 0.506 e. The van der Waals surface area contributed by atoms with Crippen molar-refractivity contribution in [3.8, 4) is 11.5 Å². The standard InChI is InChI=1S/C29H30N6O6S2/c1-15-9-23(38)34-27(30-15)42-13-25(40)32-19-7-5-17(11-21(19)36)29(3,4)18-6-8-20(22(37)12-18)33-26(41)14-43-28-31-16(2)10-24(39)35-28/h5-12,36-37H,13-14H2,1-4H3,(H,32,40)(H,33,41)(H,30,34,38)(H,31,35,39). The number of anilines is 2. The van der Waals surface area contributed by atoms with Crippen molar-refractivity contribution in [3.05, 3.63) is 91.8 Å². The first-order valence-corrected chi connectivity index (χ1v) is 15.0. The van der Waals surface area contributed by atoms with E-state index < -0.39 is 5.41 Å². The highest BCUT2D eigenvalue weighted by Gasteiger charge is 2.26. The van der Waals surface area contributed by atoms with E-state index in [9.17, 15) is 29.4 Å². The van der Waals surface area contributed by atoms with E-state index in [0.29, 0.717) is 32.8 Å². The maximum absolute atomic E-state index is 12.5. The molecule has 0 atom stereocenters. The Balaban J connectivity index is 1.38. The van der Waals surface area contributed by atoms with E-state index in [1.165, 1.54) is 24.3 Å². The van der Waals surface area contributed by atoms with Crippen molar-refractivity contribution < 1.29 is 19.8 Å². The highest BCUT2D eigenvalue weighted by molar-refractivity contribution is 8.00. The summed E-state index contributed by atoms with van der Waals surface area (Å²) in [6.07, 6.45) is 0. The van der Waals surface area contributed by atoms with Crippen molar-refractivity contribution in [1.82, 2.24) is 19.9 Å². The van der Waals surface area contributed by atoms with E-state index >= 15 is 0 Å². The number of carbonyl (C=O) groups is 2. The summed E-state index contributed by atoms with van der Waals surface area (Å²) in [4.78, 5) is 61.6. The van der Waals surface area contributed by atoms with Gasteiger partial charge in [0, 0.05) is 28.9 Å². The van der Waals surface area contributed by atoms with Crippen molar-refractivity contribution >= 4 is 46.7 Å². The van der Waals surface area contributed by atoms with Gasteiger partial charge in [-0.05, 0) is 49.2 Å². The molecule has 4 rings (SSSR count). The minimum atomic E-state index is -0.669. The zero-order chi connectivity index (χ0) is 31.3. The highest BCUT2D eigenvalue weighted by Crippen LogP contribution is 2.38. The summed E-state index contributed by atoms with van der Waals surface area (Å²) in [5.41, 5.74) is 1.68. The number of thioether (sulfide) groups is 2. The van der Waals surface area contributed by atoms with Crippen LogP contribution in [0.25, 0.3) is 0 Å². The molecule has 0 spiro atoms. The molecular weight excluding hydrogens is 592 g/mol. The smallest absolute Gasteiger partial charge is 0.251 e. The SMILES string of the molecule is Cc1cc(=O)[nH]c(SCC(=O)Nc2ccc(C(C)(C)c3ccc(NC(=O)CSc4nc(C)cc(=O)[nH]4)c(O)c3)cc2O)n1. The number of aromatic amines is 2. The van der Waals surface area contributed by atoms with E-state index in [0.717, 1.165) is 23.5 Å². The summed E-state index contributed by atoms with van der Waals surface area (Å²) >= 11 is 2.14. The van der Waals surface area contributed by atoms with E-state index in [1.54, 1.807) is 38.1 Å². The fourth-order valence-electron chi connectivity index (χ4n) is 4.10. The Hall–Kier alpha value is -4.56. The number of benzene rings is 2. The Kier molecular flexibility index (Phi) is 9.61. The Morgan fingerprint density at radius 1 is 0.744 bits per heavy atom. The molecule has 2 heterocycles. The number of rotatable bonds is 10. The van der Waals surface area contributed by atoms with Crippen LogP contribution in [-0.2, 0) is 15.0 Å². The number of phenols is 2. The molecule has 224 valence electrons. The third-order valence-corrected chi connectivity index (χ3v) is 8.11. The molecule has 2 aromatic heterocycles. The number of aryl methyl sites for hydroxylation is 2. The molecule has 2 aromatic carbocycles. The van der Waals surface area contributed by atoms with Crippen molar-refractivity contribution in [1.29, 1.82) is 0 Å². The van der Waals surface area contributed by atoms with Crippen molar-refractivity contribution in [3.63, 3.8) is 0 Å². The van der Waals surface area contributed by atoms with Gasteiger partial charge < -0.3 is 30.8 Å². The van der Waals surface area contributed by atoms with Crippen LogP contribution in [0.15, 0.2) is 68.4 Å². The molecule has 0 saturated heterocycles. The van der Waals surface area contributed by atoms with Gasteiger partial charge in [0.1, 0.15) is 11.5 Å². The normalized spacial score (nSPS) is 11.3. The second-order valence-electron chi connectivity index (χ2n) is 10.1. The van der Waals surface area contributed by atoms with Crippen molar-refractivity contribution in [2.24, 2.45) is 0 Å². The van der Waals surface area contributed by atoms with Gasteiger partial charge in [0.15, 0.2) is 10.3 Å². The maximum atomic E-state index is 12.5. The molecule has 0 aliphatic carbocycles. The second-order valence-corrected chi connectivity index (χ2v) is 12.1. The lowest BCUT2D eigenvalue weighted by Gasteiger charge is -2.27. The molecule has 6 N–H and O–H groups in total. The van der Waals surface area contributed by atoms with Crippen molar-refractivity contribution in [2.75, 3.05) is 22.1 Å². The summed E-state index contributed by atoms with van der Waals surface area (Å²) in [5, 5.41) is 27.3. The number of H-pyrrole nitrogens is 2. The Labute approximate surface area is 254 Å². The molecule has 0 aliphatic heterocycles. The number of hydrogen-bond donors (Lipinski definition) is 6. The molecule has 0 fully saturated rings. The van der Waals surface area contributed by atoms with Gasteiger partial charge >= 0.3 is 0 Å². The monoisotopic (exact) mass is 622 g/mol. The third kappa shape index (κ3) is 8.26. The molecular formula is C29H30N6O6S2. The van der Waals surface area contributed by atoms with E-state index in [4.69, 9.17) is 0 Å². The van der Waals surface area contributed by atoms with E-state index in [1.807, 2.05) is 13.8 Å². The maximum Gasteiger partial charge on any atom is 0.251 e. The molecule has 0 saturated carbocycles. The predicted molar refractivity (Wildman–Crippen MR) is 166 cm³/mol. The summed E-state index contributed by atoms with van der Waals surface area (Å²) in [5.74, 6) is -1.10. The fourth-order valence-corrected chi connectivity index (χ4v) is 5.54. The van der Waals surface area contributed by atoms with E-state index in [-0.39, 0.29) is 57.3 Å². The van der Waals surface area contributed by atoms with Gasteiger partial charge in [-0.1, -0.05) is 49.5 Å². The van der Waals surface area contributed by atoms with Gasteiger partial charge in [-0.25, -0.2) is 9.97 Å². The van der Waals surface area contributed by atoms with Crippen LogP contribution in [0.4, 0.5) is 11.4 Å². The lowest BCUT2D eigenvalue weighted by Crippen LogP contribution is -2.20. The first-order chi connectivity index (χ1) is 20.3. The second kappa shape index (κ2) is 13.2. The van der Waals surface area contributed by atoms with Gasteiger partial charge in [-0.15, -0.1) is 0 Å². The summed E-state index contributed by atoms with van der Waals surface area (Å²) in [6, 6.07) is 12.5. The van der Waals surface area contributed by atoms with Crippen LogP contribution in [0.3, 0.4) is 0 Å². The predicted octanol–water partition coefficient (Wildman–Crippen LogP) is 3.67. The van der Waals surface area contributed by atoms with Gasteiger partial charge in [0.2, 0.25) is 11.8 Å². The first kappa shape index (κ1) is 31.4. The first-order valence-electron chi connectivity index (χ1n) is 13.0. The summed E-state index contributed by atoms with van der Waals surface area (Å²) in [6.45, 7) is 7.19. The lowest BCUT2D eigenvalue weighted by molar-refractivity contribution is -0.114. The fraction of sp³-hybridized carbons (Fsp3) is 0.241. The summed E-state index contributed by atoms with van der Waals surface area (Å²) < 4.78 is 0. The zero-order valence-corrected chi connectivity index (χ0v) is 25.4. The topological polar surface area (TPSA) is 190 Å². The minimum Gasteiger partial charge on any atom is -0.506 e. The number of nitrogens with one attached hydrogen (secondary N) is 4. The molecule has 12 nitrogen and oxygen atoms in total. The number of aromatic nitrogens is 4. The Morgan fingerprint density at radius 2 is 1.14 bits per heavy atom. The molecule has 4 aromatic rings. The minimum absolute atomic E-state index is 0.0255. The Morgan fingerprint density at radius 3 is 1.49 bits per heavy atom.